The molecule has 0 radical (unpaired) electrons. The predicted molar refractivity (Wildman–Crippen MR) is 63.7 cm³/mol. The van der Waals surface area contributed by atoms with Gasteiger partial charge in [-0.05, 0) is 18.1 Å². The molecule has 19 heavy (non-hydrogen) atoms. The molecule has 0 fully saturated rings. The Labute approximate surface area is 108 Å². The first-order valence-corrected chi connectivity index (χ1v) is 5.71. The van der Waals surface area contributed by atoms with Gasteiger partial charge in [-0.15, -0.1) is 0 Å². The summed E-state index contributed by atoms with van der Waals surface area (Å²) in [6, 6.07) is 1.72. The van der Waals surface area contributed by atoms with Crippen LogP contribution < -0.4 is 5.32 Å². The number of aliphatic carboxylic acids is 1. The monoisotopic (exact) mass is 276 g/mol. The molecule has 0 aromatic carbocycles. The van der Waals surface area contributed by atoms with Crippen LogP contribution in [0.15, 0.2) is 18.3 Å². The van der Waals surface area contributed by atoms with E-state index in [1.54, 1.807) is 0 Å². The third-order valence-electron chi connectivity index (χ3n) is 2.62. The molecule has 0 saturated heterocycles. The van der Waals surface area contributed by atoms with Gasteiger partial charge in [-0.3, -0.25) is 4.79 Å². The lowest BCUT2D eigenvalue weighted by atomic mass is 10.0. The van der Waals surface area contributed by atoms with E-state index >= 15 is 0 Å². The van der Waals surface area contributed by atoms with Crippen LogP contribution in [-0.2, 0) is 11.0 Å². The van der Waals surface area contributed by atoms with Crippen molar-refractivity contribution in [3.05, 3.63) is 23.9 Å². The van der Waals surface area contributed by atoms with Gasteiger partial charge in [0.1, 0.15) is 5.82 Å². The van der Waals surface area contributed by atoms with Crippen LogP contribution in [0, 0.1) is 5.92 Å². The Kier molecular flexibility index (Phi) is 4.74. The molecule has 2 N–H and O–H groups in total. The Morgan fingerprint density at radius 1 is 1.42 bits per heavy atom. The molecular formula is C12H15F3N2O2. The summed E-state index contributed by atoms with van der Waals surface area (Å²) in [5.41, 5.74) is -0.836. The molecule has 1 heterocycles. The highest BCUT2D eigenvalue weighted by atomic mass is 19.4. The second-order valence-electron chi connectivity index (χ2n) is 4.52. The molecular weight excluding hydrogens is 261 g/mol. The molecule has 1 aromatic rings. The summed E-state index contributed by atoms with van der Waals surface area (Å²) in [5, 5.41) is 11.6. The summed E-state index contributed by atoms with van der Waals surface area (Å²) in [4.78, 5) is 14.3. The Morgan fingerprint density at radius 3 is 2.42 bits per heavy atom. The number of alkyl halides is 3. The maximum absolute atomic E-state index is 12.3. The SMILES string of the molecule is CC(C)C(CC(=O)O)Nc1ccc(C(F)(F)F)cn1. The van der Waals surface area contributed by atoms with Crippen LogP contribution in [-0.4, -0.2) is 22.1 Å². The van der Waals surface area contributed by atoms with Gasteiger partial charge < -0.3 is 10.4 Å². The van der Waals surface area contributed by atoms with E-state index in [9.17, 15) is 18.0 Å². The number of carboxylic acids is 1. The van der Waals surface area contributed by atoms with Crippen LogP contribution in [0.1, 0.15) is 25.8 Å². The number of hydrogen-bond donors (Lipinski definition) is 2. The molecule has 0 aliphatic heterocycles. The first-order chi connectivity index (χ1) is 8.70. The predicted octanol–water partition coefficient (Wildman–Crippen LogP) is 3.01. The molecule has 1 atom stereocenters. The molecule has 0 aliphatic rings. The number of nitrogens with one attached hydrogen (secondary N) is 1. The van der Waals surface area contributed by atoms with Crippen molar-refractivity contribution in [1.82, 2.24) is 4.98 Å². The van der Waals surface area contributed by atoms with Gasteiger partial charge in [-0.25, -0.2) is 4.98 Å². The topological polar surface area (TPSA) is 62.2 Å². The van der Waals surface area contributed by atoms with Gasteiger partial charge in [-0.2, -0.15) is 13.2 Å². The number of pyridine rings is 1. The molecule has 0 amide bonds. The molecule has 1 rings (SSSR count). The van der Waals surface area contributed by atoms with Crippen LogP contribution in [0.25, 0.3) is 0 Å². The normalized spacial score (nSPS) is 13.4. The second-order valence-corrected chi connectivity index (χ2v) is 4.52. The van der Waals surface area contributed by atoms with Crippen molar-refractivity contribution in [3.63, 3.8) is 0 Å². The van der Waals surface area contributed by atoms with Gasteiger partial charge in [-0.1, -0.05) is 13.8 Å². The summed E-state index contributed by atoms with van der Waals surface area (Å²) < 4.78 is 37.0. The quantitative estimate of drug-likeness (QED) is 0.867. The third-order valence-corrected chi connectivity index (χ3v) is 2.62. The van der Waals surface area contributed by atoms with Gasteiger partial charge in [0.2, 0.25) is 0 Å². The molecule has 106 valence electrons. The van der Waals surface area contributed by atoms with Crippen molar-refractivity contribution in [2.24, 2.45) is 5.92 Å². The molecule has 0 aliphatic carbocycles. The summed E-state index contributed by atoms with van der Waals surface area (Å²) >= 11 is 0. The zero-order valence-electron chi connectivity index (χ0n) is 10.5. The fraction of sp³-hybridized carbons (Fsp3) is 0.500. The van der Waals surface area contributed by atoms with E-state index in [4.69, 9.17) is 5.11 Å². The summed E-state index contributed by atoms with van der Waals surface area (Å²) in [6.07, 6.45) is -3.83. The first kappa shape index (κ1) is 15.3. The van der Waals surface area contributed by atoms with Crippen LogP contribution >= 0.6 is 0 Å². The minimum absolute atomic E-state index is 0.0141. The fourth-order valence-corrected chi connectivity index (χ4v) is 1.48. The van der Waals surface area contributed by atoms with Crippen molar-refractivity contribution in [2.75, 3.05) is 5.32 Å². The Hall–Kier alpha value is -1.79. The van der Waals surface area contributed by atoms with Gasteiger partial charge in [0.15, 0.2) is 0 Å². The Morgan fingerprint density at radius 2 is 2.05 bits per heavy atom. The molecule has 0 bridgehead atoms. The van der Waals surface area contributed by atoms with Crippen molar-refractivity contribution >= 4 is 11.8 Å². The van der Waals surface area contributed by atoms with E-state index in [1.807, 2.05) is 13.8 Å². The van der Waals surface area contributed by atoms with Crippen LogP contribution in [0.4, 0.5) is 19.0 Å². The van der Waals surface area contributed by atoms with Crippen molar-refractivity contribution in [3.8, 4) is 0 Å². The number of aromatic nitrogens is 1. The summed E-state index contributed by atoms with van der Waals surface area (Å²) in [6.45, 7) is 3.65. The zero-order chi connectivity index (χ0) is 14.6. The van der Waals surface area contributed by atoms with Crippen molar-refractivity contribution in [2.45, 2.75) is 32.5 Å². The number of carbonyl (C=O) groups is 1. The van der Waals surface area contributed by atoms with E-state index in [0.717, 1.165) is 12.3 Å². The highest BCUT2D eigenvalue weighted by Crippen LogP contribution is 2.29. The van der Waals surface area contributed by atoms with Gasteiger partial charge in [0.25, 0.3) is 0 Å². The van der Waals surface area contributed by atoms with Gasteiger partial charge >= 0.3 is 12.1 Å². The van der Waals surface area contributed by atoms with Gasteiger partial charge in [0, 0.05) is 12.2 Å². The maximum Gasteiger partial charge on any atom is 0.417 e. The lowest BCUT2D eigenvalue weighted by Gasteiger charge is -2.21. The number of carboxylic acid groups (broad SMARTS) is 1. The first-order valence-electron chi connectivity index (χ1n) is 5.71. The van der Waals surface area contributed by atoms with Crippen LogP contribution in [0.5, 0.6) is 0 Å². The standard InChI is InChI=1S/C12H15F3N2O2/c1-7(2)9(5-11(18)19)17-10-4-3-8(6-16-10)12(13,14)15/h3-4,6-7,9H,5H2,1-2H3,(H,16,17)(H,18,19). The van der Waals surface area contributed by atoms with Crippen LogP contribution in [0.2, 0.25) is 0 Å². The largest absolute Gasteiger partial charge is 0.481 e. The van der Waals surface area contributed by atoms with E-state index < -0.39 is 17.7 Å². The van der Waals surface area contributed by atoms with Crippen molar-refractivity contribution in [1.29, 1.82) is 0 Å². The van der Waals surface area contributed by atoms with E-state index in [-0.39, 0.29) is 24.2 Å². The minimum atomic E-state index is -4.43. The molecule has 4 nitrogen and oxygen atoms in total. The average Bonchev–Trinajstić information content (AvgIpc) is 2.27. The molecule has 7 heteroatoms. The molecule has 1 unspecified atom stereocenters. The lowest BCUT2D eigenvalue weighted by molar-refractivity contribution is -0.138. The van der Waals surface area contributed by atoms with E-state index in [2.05, 4.69) is 10.3 Å². The molecule has 1 aromatic heterocycles. The van der Waals surface area contributed by atoms with E-state index in [0.29, 0.717) is 0 Å². The number of anilines is 1. The van der Waals surface area contributed by atoms with E-state index in [1.165, 1.54) is 6.07 Å². The molecule has 0 saturated carbocycles. The number of halogens is 3. The minimum Gasteiger partial charge on any atom is -0.481 e. The summed E-state index contributed by atoms with van der Waals surface area (Å²) in [5.74, 6) is -0.730. The fourth-order valence-electron chi connectivity index (χ4n) is 1.48. The summed E-state index contributed by atoms with van der Waals surface area (Å²) in [7, 11) is 0. The number of hydrogen-bond acceptors (Lipinski definition) is 3. The van der Waals surface area contributed by atoms with Crippen LogP contribution in [0.3, 0.4) is 0 Å². The lowest BCUT2D eigenvalue weighted by Crippen LogP contribution is -2.29. The maximum atomic E-state index is 12.3. The molecule has 0 spiro atoms. The Balaban J connectivity index is 2.78. The second kappa shape index (κ2) is 5.90. The van der Waals surface area contributed by atoms with Gasteiger partial charge in [0.05, 0.1) is 12.0 Å². The highest BCUT2D eigenvalue weighted by Gasteiger charge is 2.30. The smallest absolute Gasteiger partial charge is 0.417 e. The average molecular weight is 276 g/mol. The number of nitrogens with zero attached hydrogens (tertiary/aromatic N) is 1. The highest BCUT2D eigenvalue weighted by molar-refractivity contribution is 5.68. The zero-order valence-corrected chi connectivity index (χ0v) is 10.5. The Bertz CT molecular complexity index is 430. The van der Waals surface area contributed by atoms with Crippen molar-refractivity contribution < 1.29 is 23.1 Å². The third kappa shape index (κ3) is 4.76. The number of rotatable bonds is 5.